The molecule has 1 aromatic carbocycles. The maximum absolute atomic E-state index is 12.4. The van der Waals surface area contributed by atoms with Gasteiger partial charge in [-0.3, -0.25) is 4.79 Å². The highest BCUT2D eigenvalue weighted by atomic mass is 16.5. The molecular weight excluding hydrogens is 256 g/mol. The Morgan fingerprint density at radius 3 is 2.80 bits per heavy atom. The number of carbonyl (C=O) groups excluding carboxylic acids is 1. The molecule has 3 rings (SSSR count). The van der Waals surface area contributed by atoms with Crippen LogP contribution < -0.4 is 5.43 Å². The first-order chi connectivity index (χ1) is 9.63. The largest absolute Gasteiger partial charge is 0.465 e. The summed E-state index contributed by atoms with van der Waals surface area (Å²) >= 11 is 0. The minimum Gasteiger partial charge on any atom is -0.465 e. The van der Waals surface area contributed by atoms with Crippen LogP contribution in [0.15, 0.2) is 41.3 Å². The zero-order chi connectivity index (χ0) is 14.3. The lowest BCUT2D eigenvalue weighted by molar-refractivity contribution is 0.0601. The Bertz CT molecular complexity index is 897. The number of rotatable bonds is 1. The Balaban J connectivity index is 2.47. The second-order valence-electron chi connectivity index (χ2n) is 4.49. The van der Waals surface area contributed by atoms with E-state index in [4.69, 9.17) is 4.74 Å². The molecule has 100 valence electrons. The van der Waals surface area contributed by atoms with Crippen LogP contribution in [0.2, 0.25) is 0 Å². The lowest BCUT2D eigenvalue weighted by Gasteiger charge is -2.10. The van der Waals surface area contributed by atoms with Gasteiger partial charge in [-0.05, 0) is 30.3 Å². The highest BCUT2D eigenvalue weighted by molar-refractivity contribution is 5.97. The Hall–Kier alpha value is -2.69. The summed E-state index contributed by atoms with van der Waals surface area (Å²) in [6.07, 6.45) is 1.64. The average Bonchev–Trinajstić information content (AvgIpc) is 2.51. The van der Waals surface area contributed by atoms with Gasteiger partial charge in [0.1, 0.15) is 5.65 Å². The normalized spacial score (nSPS) is 10.9. The molecule has 0 spiro atoms. The highest BCUT2D eigenvalue weighted by Gasteiger charge is 2.12. The van der Waals surface area contributed by atoms with Crippen LogP contribution in [0, 0.1) is 0 Å². The number of carbonyl (C=O) groups is 1. The number of ether oxygens (including phenoxy) is 1. The lowest BCUT2D eigenvalue weighted by Crippen LogP contribution is -2.11. The van der Waals surface area contributed by atoms with Crippen LogP contribution in [-0.4, -0.2) is 22.6 Å². The molecule has 2 aromatic heterocycles. The molecular formula is C15H12N2O3. The fourth-order valence-electron chi connectivity index (χ4n) is 2.35. The topological polar surface area (TPSA) is 61.2 Å². The van der Waals surface area contributed by atoms with Crippen molar-refractivity contribution < 1.29 is 9.53 Å². The van der Waals surface area contributed by atoms with Gasteiger partial charge in [0.2, 0.25) is 0 Å². The van der Waals surface area contributed by atoms with Crippen molar-refractivity contribution in [2.45, 2.75) is 0 Å². The number of nitrogens with zero attached hydrogens (tertiary/aromatic N) is 2. The van der Waals surface area contributed by atoms with Gasteiger partial charge in [-0.25, -0.2) is 9.78 Å². The van der Waals surface area contributed by atoms with Crippen molar-refractivity contribution in [3.8, 4) is 0 Å². The maximum atomic E-state index is 12.4. The van der Waals surface area contributed by atoms with E-state index in [2.05, 4.69) is 4.98 Å². The molecule has 0 bridgehead atoms. The molecule has 0 aliphatic rings. The molecule has 0 saturated carbocycles. The minimum absolute atomic E-state index is 0.0855. The highest BCUT2D eigenvalue weighted by Crippen LogP contribution is 2.18. The molecule has 0 amide bonds. The zero-order valence-corrected chi connectivity index (χ0v) is 11.1. The third kappa shape index (κ3) is 1.67. The smallest absolute Gasteiger partial charge is 0.337 e. The van der Waals surface area contributed by atoms with Gasteiger partial charge >= 0.3 is 5.97 Å². The van der Waals surface area contributed by atoms with Crippen molar-refractivity contribution in [2.24, 2.45) is 7.05 Å². The molecule has 0 atom stereocenters. The molecule has 0 saturated heterocycles. The molecule has 3 aromatic rings. The first-order valence-corrected chi connectivity index (χ1v) is 6.09. The summed E-state index contributed by atoms with van der Waals surface area (Å²) in [5.41, 5.74) is 1.57. The second kappa shape index (κ2) is 4.45. The number of aryl methyl sites for hydroxylation is 1. The van der Waals surface area contributed by atoms with Crippen molar-refractivity contribution in [2.75, 3.05) is 7.11 Å². The molecule has 0 radical (unpaired) electrons. The predicted molar refractivity (Wildman–Crippen MR) is 75.8 cm³/mol. The van der Waals surface area contributed by atoms with Crippen molar-refractivity contribution in [3.63, 3.8) is 0 Å². The third-order valence-corrected chi connectivity index (χ3v) is 3.37. The quantitative estimate of drug-likeness (QED) is 0.499. The van der Waals surface area contributed by atoms with Crippen LogP contribution in [0.1, 0.15) is 10.4 Å². The SMILES string of the molecule is COC(=O)c1ccc2c(=O)c3cccnc3n(C)c2c1. The van der Waals surface area contributed by atoms with E-state index in [-0.39, 0.29) is 5.43 Å². The molecule has 0 N–H and O–H groups in total. The second-order valence-corrected chi connectivity index (χ2v) is 4.49. The molecule has 0 aliphatic heterocycles. The van der Waals surface area contributed by atoms with Gasteiger partial charge in [0.05, 0.1) is 23.6 Å². The number of pyridine rings is 2. The number of aromatic nitrogens is 2. The number of methoxy groups -OCH3 is 1. The van der Waals surface area contributed by atoms with Gasteiger partial charge in [0.15, 0.2) is 5.43 Å². The standard InChI is InChI=1S/C15H12N2O3/c1-17-12-8-9(15(19)20-2)5-6-10(12)13(18)11-4-3-7-16-14(11)17/h3-8H,1-2H3. The summed E-state index contributed by atoms with van der Waals surface area (Å²) in [6.45, 7) is 0. The third-order valence-electron chi connectivity index (χ3n) is 3.37. The zero-order valence-electron chi connectivity index (χ0n) is 11.1. The summed E-state index contributed by atoms with van der Waals surface area (Å²) < 4.78 is 6.50. The predicted octanol–water partition coefficient (Wildman–Crippen LogP) is 1.87. The summed E-state index contributed by atoms with van der Waals surface area (Å²) in [4.78, 5) is 28.2. The van der Waals surface area contributed by atoms with Gasteiger partial charge in [-0.1, -0.05) is 0 Å². The van der Waals surface area contributed by atoms with Crippen molar-refractivity contribution in [3.05, 3.63) is 52.3 Å². The van der Waals surface area contributed by atoms with E-state index in [1.165, 1.54) is 7.11 Å². The van der Waals surface area contributed by atoms with E-state index < -0.39 is 5.97 Å². The first kappa shape index (κ1) is 12.3. The van der Waals surface area contributed by atoms with Gasteiger partial charge in [-0.15, -0.1) is 0 Å². The van der Waals surface area contributed by atoms with E-state index in [0.29, 0.717) is 27.5 Å². The number of benzene rings is 1. The van der Waals surface area contributed by atoms with Crippen molar-refractivity contribution in [1.29, 1.82) is 0 Å². The summed E-state index contributed by atoms with van der Waals surface area (Å²) in [5.74, 6) is -0.430. The van der Waals surface area contributed by atoms with E-state index in [0.717, 1.165) is 0 Å². The minimum atomic E-state index is -0.430. The Morgan fingerprint density at radius 1 is 1.25 bits per heavy atom. The van der Waals surface area contributed by atoms with E-state index in [1.807, 2.05) is 7.05 Å². The number of fused-ring (bicyclic) bond motifs is 2. The molecule has 2 heterocycles. The number of hydrogen-bond acceptors (Lipinski definition) is 4. The summed E-state index contributed by atoms with van der Waals surface area (Å²) in [6, 6.07) is 8.38. The Kier molecular flexibility index (Phi) is 2.75. The maximum Gasteiger partial charge on any atom is 0.337 e. The molecule has 0 aliphatic carbocycles. The van der Waals surface area contributed by atoms with Crippen LogP contribution in [0.5, 0.6) is 0 Å². The molecule has 20 heavy (non-hydrogen) atoms. The van der Waals surface area contributed by atoms with E-state index >= 15 is 0 Å². The number of hydrogen-bond donors (Lipinski definition) is 0. The van der Waals surface area contributed by atoms with Gasteiger partial charge in [0, 0.05) is 18.6 Å². The Labute approximate surface area is 114 Å². The van der Waals surface area contributed by atoms with Crippen LogP contribution in [0.4, 0.5) is 0 Å². The molecule has 5 nitrogen and oxygen atoms in total. The van der Waals surface area contributed by atoms with Gasteiger partial charge in [0.25, 0.3) is 0 Å². The lowest BCUT2D eigenvalue weighted by atomic mass is 10.1. The number of esters is 1. The first-order valence-electron chi connectivity index (χ1n) is 6.09. The summed E-state index contributed by atoms with van der Waals surface area (Å²) in [5, 5.41) is 1.12. The Morgan fingerprint density at radius 2 is 2.05 bits per heavy atom. The average molecular weight is 268 g/mol. The van der Waals surface area contributed by atoms with Crippen LogP contribution in [-0.2, 0) is 11.8 Å². The van der Waals surface area contributed by atoms with E-state index in [9.17, 15) is 9.59 Å². The van der Waals surface area contributed by atoms with Crippen molar-refractivity contribution in [1.82, 2.24) is 9.55 Å². The fourth-order valence-corrected chi connectivity index (χ4v) is 2.35. The fraction of sp³-hybridized carbons (Fsp3) is 0.133. The van der Waals surface area contributed by atoms with Crippen LogP contribution in [0.3, 0.4) is 0 Å². The molecule has 0 unspecified atom stereocenters. The summed E-state index contributed by atoms with van der Waals surface area (Å²) in [7, 11) is 3.14. The molecule has 5 heteroatoms. The van der Waals surface area contributed by atoms with E-state index in [1.54, 1.807) is 41.1 Å². The van der Waals surface area contributed by atoms with Crippen LogP contribution in [0.25, 0.3) is 21.9 Å². The monoisotopic (exact) mass is 268 g/mol. The van der Waals surface area contributed by atoms with Crippen molar-refractivity contribution >= 4 is 27.9 Å². The van der Waals surface area contributed by atoms with Gasteiger partial charge < -0.3 is 9.30 Å². The van der Waals surface area contributed by atoms with Crippen LogP contribution >= 0.6 is 0 Å². The molecule has 0 fully saturated rings. The van der Waals surface area contributed by atoms with Gasteiger partial charge in [-0.2, -0.15) is 0 Å².